The Bertz CT molecular complexity index is 909. The standard InChI is InChI=1S/C28H33NOSi/c1-26(2,23-16-10-7-11-17-23)31(30-22-29,27(3,4)24-18-12-8-13-19-24)28(5,6)25-20-14-9-15-21-25/h7-21H,1-6H3. The fourth-order valence-electron chi connectivity index (χ4n) is 5.97. The van der Waals surface area contributed by atoms with Gasteiger partial charge in [-0.15, -0.1) is 0 Å². The van der Waals surface area contributed by atoms with Gasteiger partial charge in [0.25, 0.3) is 14.6 Å². The molecule has 3 aromatic carbocycles. The fraction of sp³-hybridized carbons (Fsp3) is 0.321. The van der Waals surface area contributed by atoms with Gasteiger partial charge in [0.2, 0.25) is 0 Å². The first kappa shape index (κ1) is 22.8. The molecule has 3 heteroatoms. The lowest BCUT2D eigenvalue weighted by molar-refractivity contribution is 0.338. The molecule has 31 heavy (non-hydrogen) atoms. The molecule has 0 bridgehead atoms. The lowest BCUT2D eigenvalue weighted by atomic mass is 9.99. The van der Waals surface area contributed by atoms with E-state index in [1.807, 2.05) is 18.2 Å². The summed E-state index contributed by atoms with van der Waals surface area (Å²) in [6.45, 7) is 13.6. The van der Waals surface area contributed by atoms with Gasteiger partial charge in [-0.2, -0.15) is 5.26 Å². The van der Waals surface area contributed by atoms with Gasteiger partial charge in [0.15, 0.2) is 0 Å². The summed E-state index contributed by atoms with van der Waals surface area (Å²) < 4.78 is 6.53. The monoisotopic (exact) mass is 427 g/mol. The van der Waals surface area contributed by atoms with E-state index in [1.165, 1.54) is 16.7 Å². The molecule has 0 aliphatic carbocycles. The van der Waals surface area contributed by atoms with Crippen LogP contribution >= 0.6 is 0 Å². The molecule has 0 aromatic heterocycles. The highest BCUT2D eigenvalue weighted by Crippen LogP contribution is 2.55. The summed E-state index contributed by atoms with van der Waals surface area (Å²) in [7, 11) is -3.06. The summed E-state index contributed by atoms with van der Waals surface area (Å²) in [4.78, 5) is 0. The van der Waals surface area contributed by atoms with Crippen molar-refractivity contribution in [3.63, 3.8) is 0 Å². The van der Waals surface area contributed by atoms with Crippen LogP contribution in [-0.2, 0) is 19.5 Å². The molecular weight excluding hydrogens is 394 g/mol. The molecule has 0 saturated heterocycles. The number of hydrogen-bond donors (Lipinski definition) is 0. The van der Waals surface area contributed by atoms with E-state index in [1.54, 1.807) is 0 Å². The normalized spacial score (nSPS) is 12.8. The van der Waals surface area contributed by atoms with Crippen molar-refractivity contribution < 1.29 is 4.43 Å². The predicted octanol–water partition coefficient (Wildman–Crippen LogP) is 6.98. The number of nitriles is 1. The van der Waals surface area contributed by atoms with E-state index >= 15 is 0 Å². The molecule has 0 spiro atoms. The summed E-state index contributed by atoms with van der Waals surface area (Å²) in [6, 6.07) is 31.6. The van der Waals surface area contributed by atoms with Gasteiger partial charge in [-0.3, -0.25) is 0 Å². The highest BCUT2D eigenvalue weighted by molar-refractivity contribution is 6.82. The number of rotatable bonds is 7. The van der Waals surface area contributed by atoms with Gasteiger partial charge >= 0.3 is 0 Å². The molecule has 2 nitrogen and oxygen atoms in total. The van der Waals surface area contributed by atoms with Crippen molar-refractivity contribution >= 4 is 8.32 Å². The molecule has 0 aliphatic heterocycles. The molecule has 0 atom stereocenters. The Kier molecular flexibility index (Phi) is 6.16. The first-order chi connectivity index (χ1) is 14.6. The molecule has 0 radical (unpaired) electrons. The van der Waals surface area contributed by atoms with Crippen molar-refractivity contribution in [2.75, 3.05) is 0 Å². The molecule has 0 fully saturated rings. The van der Waals surface area contributed by atoms with Gasteiger partial charge in [0, 0.05) is 15.1 Å². The molecule has 0 saturated carbocycles. The van der Waals surface area contributed by atoms with Crippen LogP contribution in [0.1, 0.15) is 58.2 Å². The summed E-state index contributed by atoms with van der Waals surface area (Å²) >= 11 is 0. The zero-order chi connectivity index (χ0) is 22.8. The van der Waals surface area contributed by atoms with Crippen LogP contribution in [0.2, 0.25) is 0 Å². The number of benzene rings is 3. The molecule has 160 valence electrons. The topological polar surface area (TPSA) is 33.0 Å². The van der Waals surface area contributed by atoms with Gasteiger partial charge in [0.05, 0.1) is 0 Å². The second kappa shape index (κ2) is 8.36. The minimum atomic E-state index is -3.06. The summed E-state index contributed by atoms with van der Waals surface area (Å²) in [5.74, 6) is 0. The van der Waals surface area contributed by atoms with Gasteiger partial charge in [-0.05, 0) is 16.7 Å². The SMILES string of the molecule is CC(C)(c1ccccc1)[Si](OC#N)(C(C)(C)c1ccccc1)C(C)(C)c1ccccc1. The van der Waals surface area contributed by atoms with Crippen LogP contribution < -0.4 is 0 Å². The lowest BCUT2D eigenvalue weighted by Gasteiger charge is -2.58. The summed E-state index contributed by atoms with van der Waals surface area (Å²) in [6.07, 6.45) is 2.20. The average molecular weight is 428 g/mol. The van der Waals surface area contributed by atoms with Gasteiger partial charge in [-0.25, -0.2) is 0 Å². The first-order valence-corrected chi connectivity index (χ1v) is 12.8. The Morgan fingerprint density at radius 2 is 0.806 bits per heavy atom. The third-order valence-electron chi connectivity index (χ3n) is 7.33. The molecular formula is C28H33NOSi. The second-order valence-corrected chi connectivity index (χ2v) is 15.2. The van der Waals surface area contributed by atoms with Gasteiger partial charge in [0.1, 0.15) is 0 Å². The Labute approximate surface area is 188 Å². The first-order valence-electron chi connectivity index (χ1n) is 10.9. The lowest BCUT2D eigenvalue weighted by Crippen LogP contribution is -2.75. The fourth-order valence-corrected chi connectivity index (χ4v) is 13.3. The van der Waals surface area contributed by atoms with E-state index in [0.717, 1.165) is 0 Å². The maximum Gasteiger partial charge on any atom is 0.297 e. The number of hydrogen-bond acceptors (Lipinski definition) is 2. The van der Waals surface area contributed by atoms with Crippen LogP contribution in [0.25, 0.3) is 0 Å². The van der Waals surface area contributed by atoms with Crippen molar-refractivity contribution in [2.24, 2.45) is 0 Å². The van der Waals surface area contributed by atoms with Crippen molar-refractivity contribution in [3.05, 3.63) is 108 Å². The van der Waals surface area contributed by atoms with Crippen LogP contribution in [0, 0.1) is 11.5 Å². The predicted molar refractivity (Wildman–Crippen MR) is 131 cm³/mol. The maximum atomic E-state index is 10.1. The van der Waals surface area contributed by atoms with Crippen molar-refractivity contribution in [1.29, 1.82) is 5.26 Å². The maximum absolute atomic E-state index is 10.1. The van der Waals surface area contributed by atoms with Crippen molar-refractivity contribution in [1.82, 2.24) is 0 Å². The van der Waals surface area contributed by atoms with Crippen molar-refractivity contribution in [2.45, 2.75) is 56.7 Å². The third-order valence-corrected chi connectivity index (χ3v) is 13.9. The summed E-state index contributed by atoms with van der Waals surface area (Å²) in [5.41, 5.74) is 3.60. The van der Waals surface area contributed by atoms with Gasteiger partial charge < -0.3 is 4.43 Å². The second-order valence-electron chi connectivity index (χ2n) is 9.85. The van der Waals surface area contributed by atoms with E-state index in [0.29, 0.717) is 0 Å². The molecule has 0 amide bonds. The van der Waals surface area contributed by atoms with E-state index in [2.05, 4.69) is 121 Å². The van der Waals surface area contributed by atoms with Crippen LogP contribution in [0.3, 0.4) is 0 Å². The zero-order valence-corrected chi connectivity index (χ0v) is 20.5. The average Bonchev–Trinajstić information content (AvgIpc) is 2.78. The smallest absolute Gasteiger partial charge is 0.297 e. The Balaban J connectivity index is 2.43. The van der Waals surface area contributed by atoms with Crippen LogP contribution in [0.4, 0.5) is 0 Å². The minimum Gasteiger partial charge on any atom is -0.479 e. The van der Waals surface area contributed by atoms with Crippen LogP contribution in [0.15, 0.2) is 91.0 Å². The van der Waals surface area contributed by atoms with E-state index in [9.17, 15) is 5.26 Å². The Morgan fingerprint density at radius 1 is 0.548 bits per heavy atom. The van der Waals surface area contributed by atoms with E-state index in [-0.39, 0.29) is 15.1 Å². The Hall–Kier alpha value is -2.83. The molecule has 3 aromatic rings. The highest BCUT2D eigenvalue weighted by atomic mass is 28.4. The largest absolute Gasteiger partial charge is 0.479 e. The third kappa shape index (κ3) is 3.49. The van der Waals surface area contributed by atoms with Gasteiger partial charge in [-0.1, -0.05) is 133 Å². The van der Waals surface area contributed by atoms with Crippen molar-refractivity contribution in [3.8, 4) is 6.26 Å². The van der Waals surface area contributed by atoms with E-state index in [4.69, 9.17) is 4.43 Å². The molecule has 0 unspecified atom stereocenters. The van der Waals surface area contributed by atoms with Crippen LogP contribution in [0.5, 0.6) is 0 Å². The molecule has 0 N–H and O–H groups in total. The quantitative estimate of drug-likeness (QED) is 0.301. The Morgan fingerprint density at radius 3 is 1.03 bits per heavy atom. The summed E-state index contributed by atoms with van der Waals surface area (Å²) in [5, 5.41) is 8.98. The molecule has 0 aliphatic rings. The molecule has 0 heterocycles. The zero-order valence-electron chi connectivity index (χ0n) is 19.5. The van der Waals surface area contributed by atoms with Crippen LogP contribution in [-0.4, -0.2) is 8.32 Å². The highest BCUT2D eigenvalue weighted by Gasteiger charge is 2.70. The van der Waals surface area contributed by atoms with E-state index < -0.39 is 8.32 Å². The number of nitrogens with zero attached hydrogens (tertiary/aromatic N) is 1. The molecule has 3 rings (SSSR count). The minimum absolute atomic E-state index is 0.372.